The lowest BCUT2D eigenvalue weighted by Crippen LogP contribution is -2.42. The highest BCUT2D eigenvalue weighted by Gasteiger charge is 2.29. The van der Waals surface area contributed by atoms with Crippen LogP contribution in [0.25, 0.3) is 11.1 Å². The fourth-order valence-electron chi connectivity index (χ4n) is 4.54. The minimum Gasteiger partial charge on any atom is -0.480 e. The van der Waals surface area contributed by atoms with Crippen LogP contribution < -0.4 is 5.32 Å². The number of hydrogen-bond donors (Lipinski definition) is 2. The summed E-state index contributed by atoms with van der Waals surface area (Å²) in [6, 6.07) is 29.7. The number of nitrogens with zero attached hydrogens (tertiary/aromatic N) is 2. The molecule has 0 aliphatic heterocycles. The summed E-state index contributed by atoms with van der Waals surface area (Å²) in [7, 11) is 0. The van der Waals surface area contributed by atoms with Crippen LogP contribution in [0.4, 0.5) is 16.2 Å². The van der Waals surface area contributed by atoms with Crippen molar-refractivity contribution < 1.29 is 19.4 Å². The number of fused-ring (bicyclic) bond motifs is 3. The largest absolute Gasteiger partial charge is 0.480 e. The fraction of sp³-hybridized carbons (Fsp3) is 0.133. The SMILES string of the molecule is O=C(N[C@@H](Cc1ccc(N=Nc2ccc(I)cc2)cc1)C(=O)O)OCC1c2ccccc2-c2ccccc21. The van der Waals surface area contributed by atoms with Gasteiger partial charge in [0.25, 0.3) is 0 Å². The molecule has 7 nitrogen and oxygen atoms in total. The molecule has 0 fully saturated rings. The number of halogens is 1. The van der Waals surface area contributed by atoms with E-state index in [9.17, 15) is 14.7 Å². The molecule has 1 amide bonds. The van der Waals surface area contributed by atoms with Crippen LogP contribution in [0.5, 0.6) is 0 Å². The highest BCUT2D eigenvalue weighted by molar-refractivity contribution is 14.1. The molecule has 1 aliphatic rings. The molecule has 4 aromatic carbocycles. The predicted molar refractivity (Wildman–Crippen MR) is 153 cm³/mol. The van der Waals surface area contributed by atoms with Crippen LogP contribution in [-0.2, 0) is 16.0 Å². The first-order valence-electron chi connectivity index (χ1n) is 12.1. The minimum absolute atomic E-state index is 0.0994. The molecule has 5 rings (SSSR count). The number of nitrogens with one attached hydrogen (secondary N) is 1. The Labute approximate surface area is 233 Å². The molecule has 2 N–H and O–H groups in total. The summed E-state index contributed by atoms with van der Waals surface area (Å²) in [5.41, 5.74) is 6.57. The van der Waals surface area contributed by atoms with E-state index in [1.165, 1.54) is 0 Å². The molecular weight excluding hydrogens is 593 g/mol. The monoisotopic (exact) mass is 617 g/mol. The van der Waals surface area contributed by atoms with Gasteiger partial charge in [-0.15, -0.1) is 0 Å². The molecular formula is C30H24IN3O4. The summed E-state index contributed by atoms with van der Waals surface area (Å²) in [6.45, 7) is 0.118. The Kier molecular flexibility index (Phi) is 7.78. The van der Waals surface area contributed by atoms with Crippen molar-refractivity contribution in [2.45, 2.75) is 18.4 Å². The Morgan fingerprint density at radius 1 is 0.816 bits per heavy atom. The van der Waals surface area contributed by atoms with Gasteiger partial charge in [0.2, 0.25) is 0 Å². The maximum absolute atomic E-state index is 12.6. The topological polar surface area (TPSA) is 100 Å². The number of alkyl carbamates (subject to hydrolysis) is 1. The second-order valence-electron chi connectivity index (χ2n) is 8.91. The Bertz CT molecular complexity index is 1440. The van der Waals surface area contributed by atoms with E-state index in [0.717, 1.165) is 37.1 Å². The average molecular weight is 617 g/mol. The van der Waals surface area contributed by atoms with Crippen molar-refractivity contribution in [3.05, 3.63) is 117 Å². The number of amides is 1. The molecule has 1 aliphatic carbocycles. The first kappa shape index (κ1) is 25.6. The standard InChI is InChI=1S/C30H24IN3O4/c31-20-11-15-22(16-12-20)34-33-21-13-9-19(10-14-21)17-28(29(35)36)32-30(37)38-18-27-25-7-3-1-5-23(25)24-6-2-4-8-26(24)27/h1-16,27-28H,17-18H2,(H,32,37)(H,35,36)/t28-/m0/s1. The molecule has 0 heterocycles. The molecule has 0 bridgehead atoms. The number of carboxylic acids is 1. The fourth-order valence-corrected chi connectivity index (χ4v) is 4.90. The van der Waals surface area contributed by atoms with E-state index in [2.05, 4.69) is 50.3 Å². The summed E-state index contributed by atoms with van der Waals surface area (Å²) in [4.78, 5) is 24.5. The van der Waals surface area contributed by atoms with E-state index in [0.29, 0.717) is 5.69 Å². The zero-order chi connectivity index (χ0) is 26.5. The summed E-state index contributed by atoms with van der Waals surface area (Å²) in [6.07, 6.45) is -0.657. The van der Waals surface area contributed by atoms with E-state index in [4.69, 9.17) is 4.74 Å². The van der Waals surface area contributed by atoms with Crippen molar-refractivity contribution in [1.82, 2.24) is 5.32 Å². The van der Waals surface area contributed by atoms with Crippen molar-refractivity contribution in [1.29, 1.82) is 0 Å². The zero-order valence-electron chi connectivity index (χ0n) is 20.3. The maximum atomic E-state index is 12.6. The van der Waals surface area contributed by atoms with Crippen molar-refractivity contribution in [2.75, 3.05) is 6.61 Å². The van der Waals surface area contributed by atoms with Gasteiger partial charge in [-0.25, -0.2) is 9.59 Å². The molecule has 0 saturated carbocycles. The maximum Gasteiger partial charge on any atom is 0.407 e. The zero-order valence-corrected chi connectivity index (χ0v) is 22.4. The van der Waals surface area contributed by atoms with Gasteiger partial charge in [-0.1, -0.05) is 60.7 Å². The quantitative estimate of drug-likeness (QED) is 0.161. The summed E-state index contributed by atoms with van der Waals surface area (Å²) in [5, 5.41) is 20.6. The van der Waals surface area contributed by atoms with Gasteiger partial charge in [-0.3, -0.25) is 0 Å². The van der Waals surface area contributed by atoms with Crippen LogP contribution in [-0.4, -0.2) is 29.8 Å². The predicted octanol–water partition coefficient (Wildman–Crippen LogP) is 7.24. The number of aliphatic carboxylic acids is 1. The van der Waals surface area contributed by atoms with Gasteiger partial charge in [-0.05, 0) is 86.8 Å². The van der Waals surface area contributed by atoms with Gasteiger partial charge in [0.05, 0.1) is 11.4 Å². The average Bonchev–Trinajstić information content (AvgIpc) is 3.25. The smallest absolute Gasteiger partial charge is 0.407 e. The lowest BCUT2D eigenvalue weighted by atomic mass is 9.98. The van der Waals surface area contributed by atoms with Gasteiger partial charge in [0, 0.05) is 15.9 Å². The number of hydrogen-bond acceptors (Lipinski definition) is 5. The number of carbonyl (C=O) groups is 2. The third-order valence-electron chi connectivity index (χ3n) is 6.42. The Hall–Kier alpha value is -4.05. The number of carbonyl (C=O) groups excluding carboxylic acids is 1. The molecule has 8 heteroatoms. The van der Waals surface area contributed by atoms with Crippen molar-refractivity contribution in [3.63, 3.8) is 0 Å². The highest BCUT2D eigenvalue weighted by atomic mass is 127. The second kappa shape index (κ2) is 11.6. The van der Waals surface area contributed by atoms with Crippen molar-refractivity contribution in [2.24, 2.45) is 10.2 Å². The molecule has 38 heavy (non-hydrogen) atoms. The van der Waals surface area contributed by atoms with Crippen LogP contribution in [0.3, 0.4) is 0 Å². The van der Waals surface area contributed by atoms with E-state index in [-0.39, 0.29) is 18.9 Å². The van der Waals surface area contributed by atoms with Crippen molar-refractivity contribution in [3.8, 4) is 11.1 Å². The van der Waals surface area contributed by atoms with E-state index in [1.54, 1.807) is 24.3 Å². The third kappa shape index (κ3) is 5.91. The molecule has 0 radical (unpaired) electrons. The molecule has 0 saturated heterocycles. The number of carboxylic acid groups (broad SMARTS) is 1. The van der Waals surface area contributed by atoms with Gasteiger partial charge in [-0.2, -0.15) is 10.2 Å². The number of benzene rings is 4. The van der Waals surface area contributed by atoms with Gasteiger partial charge in [0.1, 0.15) is 12.6 Å². The van der Waals surface area contributed by atoms with E-state index >= 15 is 0 Å². The number of ether oxygens (including phenoxy) is 1. The first-order valence-corrected chi connectivity index (χ1v) is 13.2. The van der Waals surface area contributed by atoms with E-state index < -0.39 is 18.1 Å². The van der Waals surface area contributed by atoms with Crippen LogP contribution in [0.15, 0.2) is 107 Å². The molecule has 190 valence electrons. The lowest BCUT2D eigenvalue weighted by molar-refractivity contribution is -0.139. The second-order valence-corrected chi connectivity index (χ2v) is 10.2. The summed E-state index contributed by atoms with van der Waals surface area (Å²) in [5.74, 6) is -1.24. The molecule has 4 aromatic rings. The van der Waals surface area contributed by atoms with E-state index in [1.807, 2.05) is 60.7 Å². The molecule has 1 atom stereocenters. The summed E-state index contributed by atoms with van der Waals surface area (Å²) >= 11 is 2.23. The molecule has 0 spiro atoms. The first-order chi connectivity index (χ1) is 18.5. The number of azo groups is 1. The van der Waals surface area contributed by atoms with Crippen LogP contribution in [0.2, 0.25) is 0 Å². The van der Waals surface area contributed by atoms with Gasteiger partial charge < -0.3 is 15.2 Å². The van der Waals surface area contributed by atoms with Gasteiger partial charge in [0.15, 0.2) is 0 Å². The normalized spacial score (nSPS) is 13.1. The minimum atomic E-state index is -1.14. The van der Waals surface area contributed by atoms with Crippen LogP contribution >= 0.6 is 22.6 Å². The van der Waals surface area contributed by atoms with Crippen LogP contribution in [0, 0.1) is 3.57 Å². The highest BCUT2D eigenvalue weighted by Crippen LogP contribution is 2.44. The van der Waals surface area contributed by atoms with Crippen molar-refractivity contribution >= 4 is 46.0 Å². The Balaban J connectivity index is 1.19. The number of rotatable bonds is 8. The Morgan fingerprint density at radius 2 is 1.34 bits per heavy atom. The lowest BCUT2D eigenvalue weighted by Gasteiger charge is -2.17. The summed E-state index contributed by atoms with van der Waals surface area (Å²) < 4.78 is 6.63. The third-order valence-corrected chi connectivity index (χ3v) is 7.14. The van der Waals surface area contributed by atoms with Gasteiger partial charge >= 0.3 is 12.1 Å². The molecule has 0 aromatic heterocycles. The molecule has 0 unspecified atom stereocenters. The Morgan fingerprint density at radius 3 is 1.89 bits per heavy atom. The van der Waals surface area contributed by atoms with Crippen LogP contribution in [0.1, 0.15) is 22.6 Å².